The van der Waals surface area contributed by atoms with Crippen molar-refractivity contribution in [2.24, 2.45) is 0 Å². The lowest BCUT2D eigenvalue weighted by Crippen LogP contribution is -2.15. The maximum atomic E-state index is 8.58. The van der Waals surface area contributed by atoms with Crippen molar-refractivity contribution < 1.29 is 9.26 Å². The van der Waals surface area contributed by atoms with Gasteiger partial charge in [0, 0.05) is 12.3 Å². The zero-order chi connectivity index (χ0) is 12.5. The Balaban J connectivity index is 1.68. The molecule has 0 spiro atoms. The fourth-order valence-electron chi connectivity index (χ4n) is 2.91. The molecule has 0 aliphatic carbocycles. The van der Waals surface area contributed by atoms with Crippen LogP contribution in [0.3, 0.4) is 0 Å². The molecule has 2 aliphatic heterocycles. The van der Waals surface area contributed by atoms with Gasteiger partial charge in [-0.2, -0.15) is 10.2 Å². The Hall–Kier alpha value is -1.41. The van der Waals surface area contributed by atoms with Gasteiger partial charge in [0.1, 0.15) is 0 Å². The molecule has 5 nitrogen and oxygen atoms in total. The molecule has 2 fully saturated rings. The molecule has 0 radical (unpaired) electrons. The molecule has 4 unspecified atom stereocenters. The summed E-state index contributed by atoms with van der Waals surface area (Å²) in [6, 6.07) is 2.14. The lowest BCUT2D eigenvalue weighted by molar-refractivity contribution is 0.0996. The van der Waals surface area contributed by atoms with E-state index in [1.165, 1.54) is 6.42 Å². The highest BCUT2D eigenvalue weighted by Gasteiger charge is 2.43. The summed E-state index contributed by atoms with van der Waals surface area (Å²) in [6.45, 7) is 2.02. The van der Waals surface area contributed by atoms with Crippen molar-refractivity contribution >= 4 is 0 Å². The average Bonchev–Trinajstić information content (AvgIpc) is 3.09. The van der Waals surface area contributed by atoms with E-state index in [-0.39, 0.29) is 12.0 Å². The zero-order valence-corrected chi connectivity index (χ0v) is 10.5. The largest absolute Gasteiger partial charge is 0.374 e. The Morgan fingerprint density at radius 2 is 2.39 bits per heavy atom. The van der Waals surface area contributed by atoms with E-state index in [0.717, 1.165) is 25.1 Å². The second-order valence-electron chi connectivity index (χ2n) is 5.30. The standard InChI is InChI=1S/C13H17N3O2/c1-8(3-2-6-14)13-15-12(16-18-13)10-7-9-4-5-11(10)17-9/h8-11H,2-5,7H2,1H3. The first-order valence-corrected chi connectivity index (χ1v) is 6.64. The SMILES string of the molecule is CC(CCC#N)c1nc(C2CC3CCC2O3)no1. The van der Waals surface area contributed by atoms with Crippen LogP contribution in [0.4, 0.5) is 0 Å². The third kappa shape index (κ3) is 2.01. The van der Waals surface area contributed by atoms with Crippen molar-refractivity contribution in [1.29, 1.82) is 5.26 Å². The molecule has 3 heterocycles. The van der Waals surface area contributed by atoms with Crippen LogP contribution in [0.25, 0.3) is 0 Å². The van der Waals surface area contributed by atoms with Gasteiger partial charge in [0.25, 0.3) is 0 Å². The molecule has 18 heavy (non-hydrogen) atoms. The lowest BCUT2D eigenvalue weighted by atomic mass is 9.89. The fourth-order valence-corrected chi connectivity index (χ4v) is 2.91. The zero-order valence-electron chi connectivity index (χ0n) is 10.5. The van der Waals surface area contributed by atoms with Crippen LogP contribution in [0.5, 0.6) is 0 Å². The van der Waals surface area contributed by atoms with Gasteiger partial charge in [0.15, 0.2) is 5.82 Å². The van der Waals surface area contributed by atoms with Gasteiger partial charge < -0.3 is 9.26 Å². The number of ether oxygens (including phenoxy) is 1. The van der Waals surface area contributed by atoms with Crippen molar-refractivity contribution in [3.63, 3.8) is 0 Å². The van der Waals surface area contributed by atoms with Crippen molar-refractivity contribution in [3.05, 3.63) is 11.7 Å². The maximum absolute atomic E-state index is 8.58. The Morgan fingerprint density at radius 3 is 3.06 bits per heavy atom. The van der Waals surface area contributed by atoms with Gasteiger partial charge in [0.05, 0.1) is 24.2 Å². The number of rotatable bonds is 4. The van der Waals surface area contributed by atoms with Gasteiger partial charge in [-0.05, 0) is 25.7 Å². The van der Waals surface area contributed by atoms with E-state index in [1.54, 1.807) is 0 Å². The molecule has 4 atom stereocenters. The maximum Gasteiger partial charge on any atom is 0.229 e. The number of nitrogens with zero attached hydrogens (tertiary/aromatic N) is 3. The molecule has 0 N–H and O–H groups in total. The van der Waals surface area contributed by atoms with Gasteiger partial charge in [-0.15, -0.1) is 0 Å². The lowest BCUT2D eigenvalue weighted by Gasteiger charge is -2.13. The van der Waals surface area contributed by atoms with Crippen LogP contribution in [-0.2, 0) is 4.74 Å². The molecular weight excluding hydrogens is 230 g/mol. The summed E-state index contributed by atoms with van der Waals surface area (Å²) in [5, 5.41) is 12.7. The summed E-state index contributed by atoms with van der Waals surface area (Å²) in [6.07, 6.45) is 5.29. The van der Waals surface area contributed by atoms with Gasteiger partial charge in [0.2, 0.25) is 5.89 Å². The van der Waals surface area contributed by atoms with Crippen LogP contribution >= 0.6 is 0 Å². The molecular formula is C13H17N3O2. The van der Waals surface area contributed by atoms with Gasteiger partial charge in [-0.3, -0.25) is 0 Å². The fraction of sp³-hybridized carbons (Fsp3) is 0.769. The second-order valence-corrected chi connectivity index (χ2v) is 5.30. The molecule has 3 rings (SSSR count). The van der Waals surface area contributed by atoms with Crippen LogP contribution < -0.4 is 0 Å². The van der Waals surface area contributed by atoms with Crippen LogP contribution in [0.15, 0.2) is 4.52 Å². The summed E-state index contributed by atoms with van der Waals surface area (Å²) < 4.78 is 11.1. The summed E-state index contributed by atoms with van der Waals surface area (Å²) in [7, 11) is 0. The number of hydrogen-bond acceptors (Lipinski definition) is 5. The highest BCUT2D eigenvalue weighted by molar-refractivity contribution is 5.07. The Bertz CT molecular complexity index is 465. The van der Waals surface area contributed by atoms with Crippen LogP contribution in [0, 0.1) is 11.3 Å². The minimum absolute atomic E-state index is 0.158. The third-order valence-corrected chi connectivity index (χ3v) is 4.01. The van der Waals surface area contributed by atoms with E-state index in [0.29, 0.717) is 24.3 Å². The third-order valence-electron chi connectivity index (χ3n) is 4.01. The summed E-state index contributed by atoms with van der Waals surface area (Å²) in [4.78, 5) is 4.50. The van der Waals surface area contributed by atoms with E-state index in [2.05, 4.69) is 16.2 Å². The first kappa shape index (κ1) is 11.7. The molecule has 2 aliphatic rings. The minimum atomic E-state index is 0.158. The molecule has 0 aromatic carbocycles. The van der Waals surface area contributed by atoms with Crippen molar-refractivity contribution in [3.8, 4) is 6.07 Å². The second kappa shape index (κ2) is 4.69. The number of hydrogen-bond donors (Lipinski definition) is 0. The molecule has 5 heteroatoms. The molecule has 1 aromatic heterocycles. The molecule has 2 bridgehead atoms. The quantitative estimate of drug-likeness (QED) is 0.817. The minimum Gasteiger partial charge on any atom is -0.374 e. The Morgan fingerprint density at radius 1 is 1.50 bits per heavy atom. The topological polar surface area (TPSA) is 71.9 Å². The number of nitriles is 1. The molecule has 96 valence electrons. The molecule has 2 saturated heterocycles. The molecule has 1 aromatic rings. The Labute approximate surface area is 106 Å². The van der Waals surface area contributed by atoms with Gasteiger partial charge in [-0.25, -0.2) is 0 Å². The predicted molar refractivity (Wildman–Crippen MR) is 62.8 cm³/mol. The highest BCUT2D eigenvalue weighted by Crippen LogP contribution is 2.43. The smallest absolute Gasteiger partial charge is 0.229 e. The normalized spacial score (nSPS) is 31.4. The Kier molecular flexibility index (Phi) is 3.04. The summed E-state index contributed by atoms with van der Waals surface area (Å²) in [5.74, 6) is 1.92. The predicted octanol–water partition coefficient (Wildman–Crippen LogP) is 2.51. The molecule has 0 saturated carbocycles. The van der Waals surface area contributed by atoms with Gasteiger partial charge in [-0.1, -0.05) is 12.1 Å². The van der Waals surface area contributed by atoms with Gasteiger partial charge >= 0.3 is 0 Å². The summed E-state index contributed by atoms with van der Waals surface area (Å²) in [5.41, 5.74) is 0. The monoisotopic (exact) mass is 247 g/mol. The first-order chi connectivity index (χ1) is 8.78. The number of fused-ring (bicyclic) bond motifs is 2. The van der Waals surface area contributed by atoms with Crippen LogP contribution in [0.2, 0.25) is 0 Å². The molecule has 0 amide bonds. The van der Waals surface area contributed by atoms with E-state index >= 15 is 0 Å². The van der Waals surface area contributed by atoms with E-state index < -0.39 is 0 Å². The van der Waals surface area contributed by atoms with Crippen molar-refractivity contribution in [1.82, 2.24) is 10.1 Å². The average molecular weight is 247 g/mol. The number of aromatic nitrogens is 2. The summed E-state index contributed by atoms with van der Waals surface area (Å²) >= 11 is 0. The van der Waals surface area contributed by atoms with E-state index in [9.17, 15) is 0 Å². The van der Waals surface area contributed by atoms with Crippen molar-refractivity contribution in [2.45, 2.75) is 63.1 Å². The van der Waals surface area contributed by atoms with Crippen molar-refractivity contribution in [2.75, 3.05) is 0 Å². The van der Waals surface area contributed by atoms with Crippen LogP contribution in [-0.4, -0.2) is 22.3 Å². The first-order valence-electron chi connectivity index (χ1n) is 6.64. The highest BCUT2D eigenvalue weighted by atomic mass is 16.5. The van der Waals surface area contributed by atoms with E-state index in [4.69, 9.17) is 14.5 Å². The van der Waals surface area contributed by atoms with Crippen LogP contribution in [0.1, 0.15) is 62.6 Å². The van der Waals surface area contributed by atoms with E-state index in [1.807, 2.05) is 6.92 Å².